The smallest absolute Gasteiger partial charge is 0.244 e. The molecule has 138 valence electrons. The van der Waals surface area contributed by atoms with Crippen LogP contribution in [0.5, 0.6) is 0 Å². The van der Waals surface area contributed by atoms with Gasteiger partial charge in [0, 0.05) is 25.6 Å². The highest BCUT2D eigenvalue weighted by Crippen LogP contribution is 2.26. The van der Waals surface area contributed by atoms with E-state index in [-0.39, 0.29) is 11.8 Å². The highest BCUT2D eigenvalue weighted by atomic mass is 35.5. The Morgan fingerprint density at radius 3 is 2.56 bits per heavy atom. The maximum atomic E-state index is 12.3. The largest absolute Gasteiger partial charge is 0.383 e. The highest BCUT2D eigenvalue weighted by Gasteiger charge is 2.26. The molecule has 1 atom stereocenters. The maximum Gasteiger partial charge on any atom is 0.244 e. The van der Waals surface area contributed by atoms with Crippen molar-refractivity contribution in [3.05, 3.63) is 16.5 Å². The second-order valence-electron chi connectivity index (χ2n) is 6.65. The second-order valence-corrected chi connectivity index (χ2v) is 7.01. The predicted molar refractivity (Wildman–Crippen MR) is 97.1 cm³/mol. The van der Waals surface area contributed by atoms with E-state index in [0.29, 0.717) is 35.8 Å². The van der Waals surface area contributed by atoms with Crippen LogP contribution in [0, 0.1) is 12.8 Å². The fourth-order valence-electron chi connectivity index (χ4n) is 3.24. The predicted octanol–water partition coefficient (Wildman–Crippen LogP) is 1.72. The van der Waals surface area contributed by atoms with Crippen molar-refractivity contribution in [2.24, 2.45) is 5.92 Å². The Bertz CT molecular complexity index is 621. The minimum absolute atomic E-state index is 0.0205. The summed E-state index contributed by atoms with van der Waals surface area (Å²) < 4.78 is 0. The second kappa shape index (κ2) is 8.47. The molecule has 2 heterocycles. The van der Waals surface area contributed by atoms with Gasteiger partial charge in [0.15, 0.2) is 0 Å². The normalized spacial score (nSPS) is 16.6. The van der Waals surface area contributed by atoms with E-state index in [1.54, 1.807) is 13.8 Å². The molecule has 7 nitrogen and oxygen atoms in total. The number of nitrogens with zero attached hydrogens (tertiary/aromatic N) is 3. The molecular formula is C17H26ClN5O2. The van der Waals surface area contributed by atoms with Gasteiger partial charge in [-0.05, 0) is 45.4 Å². The SMILES string of the molecule is CC(=O)N[C@H](C)C(=O)N1CCC(CCc2c(N)nc(C)nc2Cl)CC1. The van der Waals surface area contributed by atoms with Crippen LogP contribution in [0.1, 0.15) is 44.5 Å². The van der Waals surface area contributed by atoms with Crippen LogP contribution >= 0.6 is 11.6 Å². The summed E-state index contributed by atoms with van der Waals surface area (Å²) in [6.45, 7) is 6.32. The van der Waals surface area contributed by atoms with Crippen molar-refractivity contribution in [2.45, 2.75) is 52.5 Å². The third kappa shape index (κ3) is 5.29. The molecule has 1 aromatic rings. The molecule has 0 aliphatic carbocycles. The van der Waals surface area contributed by atoms with Gasteiger partial charge in [0.1, 0.15) is 22.8 Å². The molecule has 1 saturated heterocycles. The molecule has 3 N–H and O–H groups in total. The standard InChI is InChI=1S/C17H26ClN5O2/c1-10(20-12(3)24)17(25)23-8-6-13(7-9-23)4-5-14-15(18)21-11(2)22-16(14)19/h10,13H,4-9H2,1-3H3,(H,20,24)(H2,19,21,22)/t10-/m1/s1. The monoisotopic (exact) mass is 367 g/mol. The molecule has 0 radical (unpaired) electrons. The quantitative estimate of drug-likeness (QED) is 0.771. The van der Waals surface area contributed by atoms with Crippen molar-refractivity contribution in [3.8, 4) is 0 Å². The van der Waals surface area contributed by atoms with Gasteiger partial charge in [-0.25, -0.2) is 9.97 Å². The number of piperidine rings is 1. The van der Waals surface area contributed by atoms with Crippen LogP contribution in [0.2, 0.25) is 5.15 Å². The zero-order chi connectivity index (χ0) is 18.6. The average Bonchev–Trinajstić information content (AvgIpc) is 2.53. The summed E-state index contributed by atoms with van der Waals surface area (Å²) in [5.74, 6) is 1.33. The Morgan fingerprint density at radius 2 is 2.00 bits per heavy atom. The molecule has 1 fully saturated rings. The number of hydrogen-bond donors (Lipinski definition) is 2. The zero-order valence-corrected chi connectivity index (χ0v) is 15.8. The molecule has 2 amide bonds. The molecule has 1 aromatic heterocycles. The van der Waals surface area contributed by atoms with Crippen LogP contribution in [0.15, 0.2) is 0 Å². The summed E-state index contributed by atoms with van der Waals surface area (Å²) >= 11 is 6.18. The number of carbonyl (C=O) groups is 2. The van der Waals surface area contributed by atoms with Gasteiger partial charge in [-0.3, -0.25) is 9.59 Å². The lowest BCUT2D eigenvalue weighted by molar-refractivity contribution is -0.136. The summed E-state index contributed by atoms with van der Waals surface area (Å²) in [5.41, 5.74) is 6.76. The molecule has 0 spiro atoms. The number of rotatable bonds is 5. The maximum absolute atomic E-state index is 12.3. The van der Waals surface area contributed by atoms with Gasteiger partial charge < -0.3 is 16.0 Å². The van der Waals surface area contributed by atoms with Crippen molar-refractivity contribution in [2.75, 3.05) is 18.8 Å². The number of carbonyl (C=O) groups excluding carboxylic acids is 2. The summed E-state index contributed by atoms with van der Waals surface area (Å²) in [5, 5.41) is 3.07. The van der Waals surface area contributed by atoms with E-state index < -0.39 is 6.04 Å². The summed E-state index contributed by atoms with van der Waals surface area (Å²) in [6.07, 6.45) is 3.55. The molecule has 1 aliphatic heterocycles. The molecule has 25 heavy (non-hydrogen) atoms. The number of hydrogen-bond acceptors (Lipinski definition) is 5. The van der Waals surface area contributed by atoms with Crippen LogP contribution in [-0.4, -0.2) is 45.8 Å². The van der Waals surface area contributed by atoms with E-state index in [1.165, 1.54) is 6.92 Å². The van der Waals surface area contributed by atoms with E-state index in [1.807, 2.05) is 4.90 Å². The Hall–Kier alpha value is -1.89. The summed E-state index contributed by atoms with van der Waals surface area (Å²) in [4.78, 5) is 33.5. The minimum Gasteiger partial charge on any atom is -0.383 e. The van der Waals surface area contributed by atoms with Gasteiger partial charge in [0.2, 0.25) is 11.8 Å². The third-order valence-corrected chi connectivity index (χ3v) is 4.93. The first-order valence-electron chi connectivity index (χ1n) is 8.62. The Kier molecular flexibility index (Phi) is 6.58. The van der Waals surface area contributed by atoms with Crippen LogP contribution in [0.3, 0.4) is 0 Å². The van der Waals surface area contributed by atoms with Crippen LogP contribution in [-0.2, 0) is 16.0 Å². The zero-order valence-electron chi connectivity index (χ0n) is 15.0. The topological polar surface area (TPSA) is 101 Å². The molecule has 1 aliphatic rings. The van der Waals surface area contributed by atoms with E-state index in [2.05, 4.69) is 15.3 Å². The minimum atomic E-state index is -0.475. The molecule has 0 saturated carbocycles. The Balaban J connectivity index is 1.83. The Labute approximate surface area is 153 Å². The van der Waals surface area contributed by atoms with E-state index >= 15 is 0 Å². The first-order chi connectivity index (χ1) is 11.8. The van der Waals surface area contributed by atoms with Crippen LogP contribution in [0.4, 0.5) is 5.82 Å². The lowest BCUT2D eigenvalue weighted by Crippen LogP contribution is -2.49. The van der Waals surface area contributed by atoms with E-state index in [9.17, 15) is 9.59 Å². The number of likely N-dealkylation sites (tertiary alicyclic amines) is 1. The van der Waals surface area contributed by atoms with Crippen molar-refractivity contribution in [1.29, 1.82) is 0 Å². The first-order valence-corrected chi connectivity index (χ1v) is 9.00. The number of anilines is 1. The van der Waals surface area contributed by atoms with Gasteiger partial charge in [0.25, 0.3) is 0 Å². The van der Waals surface area contributed by atoms with Gasteiger partial charge in [-0.2, -0.15) is 0 Å². The number of aryl methyl sites for hydroxylation is 1. The molecule has 8 heteroatoms. The number of nitrogens with one attached hydrogen (secondary N) is 1. The van der Waals surface area contributed by atoms with E-state index in [4.69, 9.17) is 17.3 Å². The molecule has 0 unspecified atom stereocenters. The molecule has 0 aromatic carbocycles. The van der Waals surface area contributed by atoms with E-state index in [0.717, 1.165) is 31.2 Å². The summed E-state index contributed by atoms with van der Waals surface area (Å²) in [7, 11) is 0. The van der Waals surface area contributed by atoms with Crippen molar-refractivity contribution in [1.82, 2.24) is 20.2 Å². The Morgan fingerprint density at radius 1 is 1.36 bits per heavy atom. The van der Waals surface area contributed by atoms with Gasteiger partial charge in [-0.1, -0.05) is 11.6 Å². The highest BCUT2D eigenvalue weighted by molar-refractivity contribution is 6.30. The first kappa shape index (κ1) is 19.4. The lowest BCUT2D eigenvalue weighted by atomic mass is 9.90. The van der Waals surface area contributed by atoms with Gasteiger partial charge in [0.05, 0.1) is 0 Å². The van der Waals surface area contributed by atoms with Crippen LogP contribution in [0.25, 0.3) is 0 Å². The van der Waals surface area contributed by atoms with Crippen molar-refractivity contribution in [3.63, 3.8) is 0 Å². The van der Waals surface area contributed by atoms with Crippen molar-refractivity contribution < 1.29 is 9.59 Å². The van der Waals surface area contributed by atoms with Crippen LogP contribution < -0.4 is 11.1 Å². The molecular weight excluding hydrogens is 342 g/mol. The van der Waals surface area contributed by atoms with Gasteiger partial charge in [-0.15, -0.1) is 0 Å². The van der Waals surface area contributed by atoms with Crippen molar-refractivity contribution >= 4 is 29.2 Å². The molecule has 2 rings (SSSR count). The lowest BCUT2D eigenvalue weighted by Gasteiger charge is -2.33. The fraction of sp³-hybridized carbons (Fsp3) is 0.647. The summed E-state index contributed by atoms with van der Waals surface area (Å²) in [6, 6.07) is -0.475. The molecule has 0 bridgehead atoms. The number of nitrogen functional groups attached to an aromatic ring is 1. The number of aromatic nitrogens is 2. The average molecular weight is 368 g/mol. The number of nitrogens with two attached hydrogens (primary N) is 1. The fourth-order valence-corrected chi connectivity index (χ4v) is 3.56. The number of halogens is 1. The third-order valence-electron chi connectivity index (χ3n) is 4.62. The van der Waals surface area contributed by atoms with Gasteiger partial charge >= 0.3 is 0 Å². The number of amides is 2.